The van der Waals surface area contributed by atoms with Crippen LogP contribution in [-0.4, -0.2) is 19.7 Å². The van der Waals surface area contributed by atoms with Crippen molar-refractivity contribution in [3.8, 4) is 17.2 Å². The summed E-state index contributed by atoms with van der Waals surface area (Å²) in [5.41, 5.74) is -0.444. The maximum atomic E-state index is 12.2. The van der Waals surface area contributed by atoms with Gasteiger partial charge in [-0.1, -0.05) is 19.1 Å². The third-order valence-electron chi connectivity index (χ3n) is 3.21. The summed E-state index contributed by atoms with van der Waals surface area (Å²) in [4.78, 5) is 23.6. The first-order chi connectivity index (χ1) is 11.6. The molecule has 0 aliphatic carbocycles. The van der Waals surface area contributed by atoms with Gasteiger partial charge in [0.2, 0.25) is 5.75 Å². The lowest BCUT2D eigenvalue weighted by atomic mass is 10.2. The second kappa shape index (κ2) is 8.19. The predicted molar refractivity (Wildman–Crippen MR) is 89.9 cm³/mol. The van der Waals surface area contributed by atoms with Crippen LogP contribution in [0.25, 0.3) is 11.0 Å². The summed E-state index contributed by atoms with van der Waals surface area (Å²) in [5.74, 6) is -0.0603. The largest absolute Gasteiger partial charge is 0.497 e. The average Bonchev–Trinajstić information content (AvgIpc) is 2.55. The standard InChI is InChI=1S/C18H20O6/c1-4-5-6-7-10-22-17-16(23-12(2)19)14-9-8-13(21-3)11-15(14)24-18(17)20/h5-6,8-9,11H,4,7,10H2,1-3H3/b6-5+. The Morgan fingerprint density at radius 3 is 2.71 bits per heavy atom. The molecule has 6 heteroatoms. The molecule has 1 aromatic heterocycles. The third-order valence-corrected chi connectivity index (χ3v) is 3.21. The van der Waals surface area contributed by atoms with Gasteiger partial charge in [-0.15, -0.1) is 0 Å². The molecular weight excluding hydrogens is 312 g/mol. The molecular formula is C18H20O6. The average molecular weight is 332 g/mol. The van der Waals surface area contributed by atoms with Crippen LogP contribution in [0.5, 0.6) is 17.2 Å². The smallest absolute Gasteiger partial charge is 0.383 e. The summed E-state index contributed by atoms with van der Waals surface area (Å²) >= 11 is 0. The number of carbonyl (C=O) groups excluding carboxylic acids is 1. The Hall–Kier alpha value is -2.76. The molecule has 0 aliphatic rings. The van der Waals surface area contributed by atoms with Crippen LogP contribution in [0.3, 0.4) is 0 Å². The Morgan fingerprint density at radius 1 is 1.25 bits per heavy atom. The number of methoxy groups -OCH3 is 1. The Kier molecular flexibility index (Phi) is 6.01. The molecule has 0 spiro atoms. The fourth-order valence-electron chi connectivity index (χ4n) is 2.15. The predicted octanol–water partition coefficient (Wildman–Crippen LogP) is 3.46. The number of rotatable bonds is 7. The van der Waals surface area contributed by atoms with E-state index in [4.69, 9.17) is 18.6 Å². The maximum absolute atomic E-state index is 12.2. The van der Waals surface area contributed by atoms with Gasteiger partial charge in [0.05, 0.1) is 19.1 Å². The fourth-order valence-corrected chi connectivity index (χ4v) is 2.15. The highest BCUT2D eigenvalue weighted by Gasteiger charge is 2.19. The highest BCUT2D eigenvalue weighted by molar-refractivity contribution is 5.89. The molecule has 0 radical (unpaired) electrons. The zero-order valence-corrected chi connectivity index (χ0v) is 14.0. The van der Waals surface area contributed by atoms with Crippen LogP contribution in [0.15, 0.2) is 39.6 Å². The highest BCUT2D eigenvalue weighted by atomic mass is 16.6. The normalized spacial score (nSPS) is 11.0. The Labute approximate surface area is 139 Å². The molecule has 0 unspecified atom stereocenters. The number of esters is 1. The van der Waals surface area contributed by atoms with Crippen LogP contribution in [0.2, 0.25) is 0 Å². The van der Waals surface area contributed by atoms with Crippen LogP contribution in [0.4, 0.5) is 0 Å². The Balaban J connectivity index is 2.44. The van der Waals surface area contributed by atoms with Crippen LogP contribution >= 0.6 is 0 Å². The molecule has 0 saturated carbocycles. The van der Waals surface area contributed by atoms with Crippen molar-refractivity contribution in [1.29, 1.82) is 0 Å². The number of allylic oxidation sites excluding steroid dienone is 1. The van der Waals surface area contributed by atoms with E-state index in [0.29, 0.717) is 17.6 Å². The SMILES string of the molecule is CC/C=C/CCOc1c(OC(C)=O)c2ccc(OC)cc2oc1=O. The second-order valence-electron chi connectivity index (χ2n) is 5.02. The van der Waals surface area contributed by atoms with Gasteiger partial charge in [0.25, 0.3) is 0 Å². The summed E-state index contributed by atoms with van der Waals surface area (Å²) in [6, 6.07) is 4.89. The van der Waals surface area contributed by atoms with Crippen molar-refractivity contribution in [2.45, 2.75) is 26.7 Å². The number of benzene rings is 1. The molecule has 1 aromatic carbocycles. The third kappa shape index (κ3) is 4.16. The van der Waals surface area contributed by atoms with Crippen molar-refractivity contribution < 1.29 is 23.4 Å². The topological polar surface area (TPSA) is 75.0 Å². The number of ether oxygens (including phenoxy) is 3. The molecule has 2 aromatic rings. The molecule has 0 N–H and O–H groups in total. The summed E-state index contributed by atoms with van der Waals surface area (Å²) in [6.45, 7) is 3.57. The molecule has 0 saturated heterocycles. The van der Waals surface area contributed by atoms with E-state index >= 15 is 0 Å². The van der Waals surface area contributed by atoms with Gasteiger partial charge in [-0.25, -0.2) is 4.79 Å². The molecule has 0 amide bonds. The fraction of sp³-hybridized carbons (Fsp3) is 0.333. The first kappa shape index (κ1) is 17.6. The lowest BCUT2D eigenvalue weighted by Crippen LogP contribution is -2.13. The van der Waals surface area contributed by atoms with Crippen molar-refractivity contribution >= 4 is 16.9 Å². The van der Waals surface area contributed by atoms with E-state index in [-0.39, 0.29) is 23.7 Å². The summed E-state index contributed by atoms with van der Waals surface area (Å²) in [7, 11) is 1.51. The monoisotopic (exact) mass is 332 g/mol. The zero-order chi connectivity index (χ0) is 17.5. The van der Waals surface area contributed by atoms with Crippen LogP contribution in [-0.2, 0) is 4.79 Å². The lowest BCUT2D eigenvalue weighted by Gasteiger charge is -2.12. The number of fused-ring (bicyclic) bond motifs is 1. The molecule has 0 bridgehead atoms. The van der Waals surface area contributed by atoms with Crippen molar-refractivity contribution in [2.75, 3.05) is 13.7 Å². The first-order valence-electron chi connectivity index (χ1n) is 7.67. The van der Waals surface area contributed by atoms with Gasteiger partial charge in [0.1, 0.15) is 11.3 Å². The van der Waals surface area contributed by atoms with E-state index in [0.717, 1.165) is 6.42 Å². The number of hydrogen-bond donors (Lipinski definition) is 0. The van der Waals surface area contributed by atoms with E-state index in [1.807, 2.05) is 19.1 Å². The van der Waals surface area contributed by atoms with Crippen LogP contribution in [0, 0.1) is 0 Å². The minimum atomic E-state index is -0.702. The minimum Gasteiger partial charge on any atom is -0.497 e. The van der Waals surface area contributed by atoms with E-state index in [1.54, 1.807) is 18.2 Å². The lowest BCUT2D eigenvalue weighted by molar-refractivity contribution is -0.131. The van der Waals surface area contributed by atoms with E-state index in [9.17, 15) is 9.59 Å². The van der Waals surface area contributed by atoms with E-state index in [2.05, 4.69) is 0 Å². The maximum Gasteiger partial charge on any atom is 0.383 e. The van der Waals surface area contributed by atoms with Crippen molar-refractivity contribution in [3.05, 3.63) is 40.8 Å². The molecule has 2 rings (SSSR count). The Morgan fingerprint density at radius 2 is 2.04 bits per heavy atom. The van der Waals surface area contributed by atoms with Gasteiger partial charge in [-0.05, 0) is 25.0 Å². The van der Waals surface area contributed by atoms with Gasteiger partial charge in [-0.2, -0.15) is 0 Å². The Bertz CT molecular complexity index is 803. The quantitative estimate of drug-likeness (QED) is 0.334. The van der Waals surface area contributed by atoms with Crippen LogP contribution < -0.4 is 19.8 Å². The van der Waals surface area contributed by atoms with E-state index in [1.165, 1.54) is 14.0 Å². The minimum absolute atomic E-state index is 0.0656. The van der Waals surface area contributed by atoms with Crippen molar-refractivity contribution in [1.82, 2.24) is 0 Å². The molecule has 0 fully saturated rings. The number of carbonyl (C=O) groups is 1. The molecule has 24 heavy (non-hydrogen) atoms. The van der Waals surface area contributed by atoms with Gasteiger partial charge in [-0.3, -0.25) is 4.79 Å². The van der Waals surface area contributed by atoms with Crippen LogP contribution in [0.1, 0.15) is 26.7 Å². The summed E-state index contributed by atoms with van der Waals surface area (Å²) < 4.78 is 21.1. The van der Waals surface area contributed by atoms with Gasteiger partial charge >= 0.3 is 11.6 Å². The second-order valence-corrected chi connectivity index (χ2v) is 5.02. The molecule has 0 aliphatic heterocycles. The molecule has 1 heterocycles. The first-order valence-corrected chi connectivity index (χ1v) is 7.67. The van der Waals surface area contributed by atoms with Crippen molar-refractivity contribution in [3.63, 3.8) is 0 Å². The molecule has 6 nitrogen and oxygen atoms in total. The van der Waals surface area contributed by atoms with E-state index < -0.39 is 11.6 Å². The van der Waals surface area contributed by atoms with Gasteiger partial charge in [0, 0.05) is 13.0 Å². The van der Waals surface area contributed by atoms with Gasteiger partial charge < -0.3 is 18.6 Å². The zero-order valence-electron chi connectivity index (χ0n) is 14.0. The number of hydrogen-bond acceptors (Lipinski definition) is 6. The highest BCUT2D eigenvalue weighted by Crippen LogP contribution is 2.34. The van der Waals surface area contributed by atoms with Crippen molar-refractivity contribution in [2.24, 2.45) is 0 Å². The van der Waals surface area contributed by atoms with Gasteiger partial charge in [0.15, 0.2) is 5.75 Å². The summed E-state index contributed by atoms with van der Waals surface area (Å²) in [6.07, 6.45) is 5.52. The molecule has 0 atom stereocenters. The summed E-state index contributed by atoms with van der Waals surface area (Å²) in [5, 5.41) is 0.463. The molecule has 128 valence electrons.